The third-order valence-corrected chi connectivity index (χ3v) is 5.14. The highest BCUT2D eigenvalue weighted by atomic mass is 16.7. The van der Waals surface area contributed by atoms with E-state index in [0.29, 0.717) is 35.0 Å². The fourth-order valence-corrected chi connectivity index (χ4v) is 3.48. The summed E-state index contributed by atoms with van der Waals surface area (Å²) in [5, 5.41) is 5.73. The lowest BCUT2D eigenvalue weighted by molar-refractivity contribution is -0.117. The SMILES string of the molecule is CCN(CC(=O)Nc1ccccc1C(=O)Nc1ccc2c(c1)OCO2)Cc1ccccc1. The van der Waals surface area contributed by atoms with Crippen molar-refractivity contribution in [3.63, 3.8) is 0 Å². The van der Waals surface area contributed by atoms with E-state index in [1.807, 2.05) is 42.2 Å². The molecule has 1 aliphatic heterocycles. The molecule has 1 heterocycles. The lowest BCUT2D eigenvalue weighted by Crippen LogP contribution is -2.33. The Morgan fingerprint density at radius 1 is 0.906 bits per heavy atom. The van der Waals surface area contributed by atoms with Gasteiger partial charge in [0, 0.05) is 18.3 Å². The molecule has 3 aromatic rings. The molecule has 7 nitrogen and oxygen atoms in total. The molecule has 3 aromatic carbocycles. The van der Waals surface area contributed by atoms with Crippen molar-refractivity contribution < 1.29 is 19.1 Å². The van der Waals surface area contributed by atoms with Crippen LogP contribution in [0.25, 0.3) is 0 Å². The van der Waals surface area contributed by atoms with Gasteiger partial charge in [-0.2, -0.15) is 0 Å². The predicted molar refractivity (Wildman–Crippen MR) is 123 cm³/mol. The average Bonchev–Trinajstić information content (AvgIpc) is 3.27. The largest absolute Gasteiger partial charge is 0.454 e. The van der Waals surface area contributed by atoms with Crippen molar-refractivity contribution >= 4 is 23.2 Å². The van der Waals surface area contributed by atoms with Gasteiger partial charge in [-0.15, -0.1) is 0 Å². The molecule has 0 saturated carbocycles. The Balaban J connectivity index is 1.41. The van der Waals surface area contributed by atoms with Gasteiger partial charge < -0.3 is 20.1 Å². The third-order valence-electron chi connectivity index (χ3n) is 5.14. The zero-order chi connectivity index (χ0) is 22.3. The predicted octanol–water partition coefficient (Wildman–Crippen LogP) is 4.13. The Hall–Kier alpha value is -3.84. The Morgan fingerprint density at radius 2 is 1.66 bits per heavy atom. The first-order chi connectivity index (χ1) is 15.6. The van der Waals surface area contributed by atoms with Gasteiger partial charge in [-0.1, -0.05) is 49.4 Å². The van der Waals surface area contributed by atoms with E-state index in [-0.39, 0.29) is 25.2 Å². The number of nitrogens with one attached hydrogen (secondary N) is 2. The van der Waals surface area contributed by atoms with Crippen molar-refractivity contribution in [1.29, 1.82) is 0 Å². The molecule has 0 atom stereocenters. The molecule has 0 saturated heterocycles. The molecular formula is C25H25N3O4. The second-order valence-corrected chi connectivity index (χ2v) is 7.40. The first kappa shape index (κ1) is 21.4. The first-order valence-corrected chi connectivity index (χ1v) is 10.5. The van der Waals surface area contributed by atoms with Crippen LogP contribution >= 0.6 is 0 Å². The van der Waals surface area contributed by atoms with Gasteiger partial charge in [0.05, 0.1) is 17.8 Å². The van der Waals surface area contributed by atoms with Crippen LogP contribution in [0.15, 0.2) is 72.8 Å². The fraction of sp³-hybridized carbons (Fsp3) is 0.200. The minimum Gasteiger partial charge on any atom is -0.454 e. The molecule has 32 heavy (non-hydrogen) atoms. The van der Waals surface area contributed by atoms with E-state index in [9.17, 15) is 9.59 Å². The Morgan fingerprint density at radius 3 is 2.47 bits per heavy atom. The normalized spacial score (nSPS) is 11.9. The second-order valence-electron chi connectivity index (χ2n) is 7.40. The fourth-order valence-electron chi connectivity index (χ4n) is 3.48. The Labute approximate surface area is 187 Å². The number of amides is 2. The molecule has 0 aliphatic carbocycles. The van der Waals surface area contributed by atoms with E-state index in [0.717, 1.165) is 12.1 Å². The maximum atomic E-state index is 12.9. The molecule has 1 aliphatic rings. The molecular weight excluding hydrogens is 406 g/mol. The van der Waals surface area contributed by atoms with Crippen LogP contribution in [-0.2, 0) is 11.3 Å². The van der Waals surface area contributed by atoms with Crippen LogP contribution in [-0.4, -0.2) is 36.6 Å². The number of carbonyl (C=O) groups excluding carboxylic acids is 2. The number of rotatable bonds is 8. The summed E-state index contributed by atoms with van der Waals surface area (Å²) in [6, 6.07) is 22.2. The standard InChI is InChI=1S/C25H25N3O4/c1-2-28(15-18-8-4-3-5-9-18)16-24(29)27-21-11-7-6-10-20(21)25(30)26-19-12-13-22-23(14-19)32-17-31-22/h3-14H,2,15-17H2,1H3,(H,26,30)(H,27,29). The van der Waals surface area contributed by atoms with E-state index in [1.165, 1.54) is 0 Å². The van der Waals surface area contributed by atoms with Gasteiger partial charge in [-0.05, 0) is 36.4 Å². The third kappa shape index (κ3) is 5.25. The summed E-state index contributed by atoms with van der Waals surface area (Å²) in [4.78, 5) is 27.7. The first-order valence-electron chi connectivity index (χ1n) is 10.5. The summed E-state index contributed by atoms with van der Waals surface area (Å²) < 4.78 is 10.7. The highest BCUT2D eigenvalue weighted by molar-refractivity contribution is 6.10. The number of para-hydroxylation sites is 1. The number of likely N-dealkylation sites (N-methyl/N-ethyl adjacent to an activating group) is 1. The van der Waals surface area contributed by atoms with Crippen LogP contribution in [0.2, 0.25) is 0 Å². The smallest absolute Gasteiger partial charge is 0.257 e. The molecule has 164 valence electrons. The zero-order valence-corrected chi connectivity index (χ0v) is 17.8. The lowest BCUT2D eigenvalue weighted by Gasteiger charge is -2.20. The van der Waals surface area contributed by atoms with Crippen LogP contribution in [0.4, 0.5) is 11.4 Å². The molecule has 0 unspecified atom stereocenters. The summed E-state index contributed by atoms with van der Waals surface area (Å²) in [6.45, 7) is 3.82. The van der Waals surface area contributed by atoms with Gasteiger partial charge in [-0.25, -0.2) is 0 Å². The molecule has 7 heteroatoms. The zero-order valence-electron chi connectivity index (χ0n) is 17.8. The number of anilines is 2. The molecule has 0 spiro atoms. The van der Waals surface area contributed by atoms with Crippen molar-refractivity contribution in [3.8, 4) is 11.5 Å². The van der Waals surface area contributed by atoms with Crippen LogP contribution in [0, 0.1) is 0 Å². The summed E-state index contributed by atoms with van der Waals surface area (Å²) in [6.07, 6.45) is 0. The van der Waals surface area contributed by atoms with Crippen LogP contribution in [0.3, 0.4) is 0 Å². The summed E-state index contributed by atoms with van der Waals surface area (Å²) in [5.41, 5.74) is 2.57. The maximum Gasteiger partial charge on any atom is 0.257 e. The van der Waals surface area contributed by atoms with Gasteiger partial charge in [0.2, 0.25) is 12.7 Å². The van der Waals surface area contributed by atoms with Gasteiger partial charge in [-0.3, -0.25) is 14.5 Å². The Bertz CT molecular complexity index is 1100. The maximum absolute atomic E-state index is 12.9. The van der Waals surface area contributed by atoms with Crippen LogP contribution < -0.4 is 20.1 Å². The van der Waals surface area contributed by atoms with Crippen LogP contribution in [0.5, 0.6) is 11.5 Å². The van der Waals surface area contributed by atoms with Gasteiger partial charge in [0.15, 0.2) is 11.5 Å². The van der Waals surface area contributed by atoms with Crippen molar-refractivity contribution in [2.45, 2.75) is 13.5 Å². The highest BCUT2D eigenvalue weighted by Crippen LogP contribution is 2.34. The number of carbonyl (C=O) groups is 2. The van der Waals surface area contributed by atoms with Gasteiger partial charge in [0.25, 0.3) is 5.91 Å². The number of ether oxygens (including phenoxy) is 2. The van der Waals surface area contributed by atoms with Crippen molar-refractivity contribution in [2.75, 3.05) is 30.5 Å². The number of hydrogen-bond donors (Lipinski definition) is 2. The second kappa shape index (κ2) is 9.98. The summed E-state index contributed by atoms with van der Waals surface area (Å²) >= 11 is 0. The molecule has 2 N–H and O–H groups in total. The average molecular weight is 431 g/mol. The molecule has 0 bridgehead atoms. The van der Waals surface area contributed by atoms with Crippen molar-refractivity contribution in [2.24, 2.45) is 0 Å². The van der Waals surface area contributed by atoms with Crippen molar-refractivity contribution in [1.82, 2.24) is 4.90 Å². The number of fused-ring (bicyclic) bond motifs is 1. The van der Waals surface area contributed by atoms with E-state index in [2.05, 4.69) is 10.6 Å². The molecule has 4 rings (SSSR count). The highest BCUT2D eigenvalue weighted by Gasteiger charge is 2.17. The van der Waals surface area contributed by atoms with Crippen molar-refractivity contribution in [3.05, 3.63) is 83.9 Å². The summed E-state index contributed by atoms with van der Waals surface area (Å²) in [5.74, 6) is 0.733. The minimum absolute atomic E-state index is 0.167. The molecule has 0 radical (unpaired) electrons. The lowest BCUT2D eigenvalue weighted by atomic mass is 10.1. The van der Waals surface area contributed by atoms with Gasteiger partial charge >= 0.3 is 0 Å². The van der Waals surface area contributed by atoms with E-state index in [1.54, 1.807) is 42.5 Å². The van der Waals surface area contributed by atoms with Gasteiger partial charge in [0.1, 0.15) is 0 Å². The number of hydrogen-bond acceptors (Lipinski definition) is 5. The monoisotopic (exact) mass is 431 g/mol. The topological polar surface area (TPSA) is 79.9 Å². The van der Waals surface area contributed by atoms with Crippen LogP contribution in [0.1, 0.15) is 22.8 Å². The van der Waals surface area contributed by atoms with E-state index >= 15 is 0 Å². The Kier molecular flexibility index (Phi) is 6.67. The molecule has 2 amide bonds. The molecule has 0 fully saturated rings. The minimum atomic E-state index is -0.323. The van der Waals surface area contributed by atoms with E-state index < -0.39 is 0 Å². The number of nitrogens with zero attached hydrogens (tertiary/aromatic N) is 1. The molecule has 0 aromatic heterocycles. The number of benzene rings is 3. The summed E-state index contributed by atoms with van der Waals surface area (Å²) in [7, 11) is 0. The quantitative estimate of drug-likeness (QED) is 0.561. The van der Waals surface area contributed by atoms with E-state index in [4.69, 9.17) is 9.47 Å².